The molecule has 6 heteroatoms. The fourth-order valence-electron chi connectivity index (χ4n) is 2.69. The maximum absolute atomic E-state index is 13.0. The summed E-state index contributed by atoms with van der Waals surface area (Å²) in [7, 11) is 0. The minimum Gasteiger partial charge on any atom is -0.325 e. The van der Waals surface area contributed by atoms with E-state index >= 15 is 0 Å². The molecule has 0 bridgehead atoms. The summed E-state index contributed by atoms with van der Waals surface area (Å²) < 4.78 is 39.1. The lowest BCUT2D eigenvalue weighted by Gasteiger charge is -2.12. The molecule has 2 atom stereocenters. The Balaban J connectivity index is 1.75. The average molecular weight is 340 g/mol. The second-order valence-corrected chi connectivity index (χ2v) is 5.91. The van der Waals surface area contributed by atoms with Gasteiger partial charge in [0.05, 0.1) is 16.3 Å². The first-order valence-corrected chi connectivity index (χ1v) is 7.47. The lowest BCUT2D eigenvalue weighted by Crippen LogP contribution is -2.16. The van der Waals surface area contributed by atoms with Crippen LogP contribution in [0.5, 0.6) is 0 Å². The Morgan fingerprint density at radius 2 is 1.74 bits per heavy atom. The summed E-state index contributed by atoms with van der Waals surface area (Å²) >= 11 is 5.97. The van der Waals surface area contributed by atoms with Crippen LogP contribution in [0.3, 0.4) is 0 Å². The zero-order valence-corrected chi connectivity index (χ0v) is 12.7. The van der Waals surface area contributed by atoms with E-state index < -0.39 is 23.6 Å². The molecule has 2 unspecified atom stereocenters. The number of carbonyl (C=O) groups is 1. The zero-order chi connectivity index (χ0) is 16.6. The Morgan fingerprint density at radius 1 is 1.09 bits per heavy atom. The number of para-hydroxylation sites is 1. The SMILES string of the molecule is O=C(Nc1ccccc1Cl)C1CC1c1ccccc1C(F)(F)F. The highest BCUT2D eigenvalue weighted by molar-refractivity contribution is 6.33. The Labute approximate surface area is 136 Å². The fourth-order valence-corrected chi connectivity index (χ4v) is 2.88. The van der Waals surface area contributed by atoms with Gasteiger partial charge in [0.25, 0.3) is 0 Å². The molecule has 1 amide bonds. The topological polar surface area (TPSA) is 29.1 Å². The van der Waals surface area contributed by atoms with E-state index in [2.05, 4.69) is 5.32 Å². The smallest absolute Gasteiger partial charge is 0.325 e. The maximum Gasteiger partial charge on any atom is 0.416 e. The van der Waals surface area contributed by atoms with E-state index in [-0.39, 0.29) is 11.5 Å². The summed E-state index contributed by atoms with van der Waals surface area (Å²) in [6.07, 6.45) is -4.01. The molecular formula is C17H13ClF3NO. The average Bonchev–Trinajstić information content (AvgIpc) is 3.29. The molecule has 2 aromatic carbocycles. The van der Waals surface area contributed by atoms with Crippen LogP contribution in [0.2, 0.25) is 5.02 Å². The largest absolute Gasteiger partial charge is 0.416 e. The van der Waals surface area contributed by atoms with Gasteiger partial charge in [-0.1, -0.05) is 41.9 Å². The van der Waals surface area contributed by atoms with Crippen molar-refractivity contribution in [2.24, 2.45) is 5.92 Å². The molecular weight excluding hydrogens is 327 g/mol. The van der Waals surface area contributed by atoms with Gasteiger partial charge in [-0.25, -0.2) is 0 Å². The number of hydrogen-bond donors (Lipinski definition) is 1. The Bertz CT molecular complexity index is 745. The third kappa shape index (κ3) is 3.34. The Kier molecular flexibility index (Phi) is 4.06. The summed E-state index contributed by atoms with van der Waals surface area (Å²) in [5, 5.41) is 3.07. The molecule has 1 aliphatic rings. The molecule has 0 radical (unpaired) electrons. The quantitative estimate of drug-likeness (QED) is 0.828. The van der Waals surface area contributed by atoms with Crippen molar-refractivity contribution in [2.45, 2.75) is 18.5 Å². The predicted molar refractivity (Wildman–Crippen MR) is 82.4 cm³/mol. The van der Waals surface area contributed by atoms with Crippen molar-refractivity contribution in [3.05, 3.63) is 64.7 Å². The standard InChI is InChI=1S/C17H13ClF3NO/c18-14-7-3-4-8-15(14)22-16(23)12-9-11(12)10-5-1-2-6-13(10)17(19,20)21/h1-8,11-12H,9H2,(H,22,23). The lowest BCUT2D eigenvalue weighted by molar-refractivity contribution is -0.138. The molecule has 1 aliphatic carbocycles. The minimum absolute atomic E-state index is 0.180. The summed E-state index contributed by atoms with van der Waals surface area (Å²) in [6.45, 7) is 0. The first-order chi connectivity index (χ1) is 10.9. The van der Waals surface area contributed by atoms with Crippen LogP contribution >= 0.6 is 11.6 Å². The van der Waals surface area contributed by atoms with E-state index in [1.807, 2.05) is 0 Å². The van der Waals surface area contributed by atoms with Gasteiger partial charge in [0.15, 0.2) is 0 Å². The minimum atomic E-state index is -4.41. The van der Waals surface area contributed by atoms with E-state index in [4.69, 9.17) is 11.6 Å². The van der Waals surface area contributed by atoms with Crippen molar-refractivity contribution in [2.75, 3.05) is 5.32 Å². The monoisotopic (exact) mass is 339 g/mol. The number of halogens is 4. The molecule has 0 aliphatic heterocycles. The molecule has 1 fully saturated rings. The number of nitrogens with one attached hydrogen (secondary N) is 1. The molecule has 0 saturated heterocycles. The van der Waals surface area contributed by atoms with Crippen molar-refractivity contribution in [1.82, 2.24) is 0 Å². The number of hydrogen-bond acceptors (Lipinski definition) is 1. The van der Waals surface area contributed by atoms with Gasteiger partial charge in [-0.05, 0) is 36.1 Å². The van der Waals surface area contributed by atoms with Crippen LogP contribution in [0.25, 0.3) is 0 Å². The molecule has 23 heavy (non-hydrogen) atoms. The van der Waals surface area contributed by atoms with Gasteiger partial charge >= 0.3 is 6.18 Å². The predicted octanol–water partition coefficient (Wildman–Crippen LogP) is 5.10. The van der Waals surface area contributed by atoms with Gasteiger partial charge in [0.1, 0.15) is 0 Å². The van der Waals surface area contributed by atoms with E-state index in [9.17, 15) is 18.0 Å². The van der Waals surface area contributed by atoms with Crippen molar-refractivity contribution >= 4 is 23.2 Å². The molecule has 0 spiro atoms. The van der Waals surface area contributed by atoms with Gasteiger partial charge < -0.3 is 5.32 Å². The summed E-state index contributed by atoms with van der Waals surface area (Å²) in [5.41, 5.74) is -0.0220. The van der Waals surface area contributed by atoms with Crippen molar-refractivity contribution in [1.29, 1.82) is 0 Å². The lowest BCUT2D eigenvalue weighted by atomic mass is 10.0. The second kappa shape index (κ2) is 5.89. The maximum atomic E-state index is 13.0. The van der Waals surface area contributed by atoms with Crippen LogP contribution in [0.1, 0.15) is 23.5 Å². The van der Waals surface area contributed by atoms with E-state index in [0.717, 1.165) is 6.07 Å². The Morgan fingerprint density at radius 3 is 2.43 bits per heavy atom. The van der Waals surface area contributed by atoms with Crippen molar-refractivity contribution < 1.29 is 18.0 Å². The summed E-state index contributed by atoms with van der Waals surface area (Å²) in [4.78, 5) is 12.2. The van der Waals surface area contributed by atoms with Gasteiger partial charge in [0.2, 0.25) is 5.91 Å². The third-order valence-electron chi connectivity index (χ3n) is 3.92. The first kappa shape index (κ1) is 15.9. The number of benzene rings is 2. The van der Waals surface area contributed by atoms with E-state index in [1.165, 1.54) is 12.1 Å². The van der Waals surface area contributed by atoms with Crippen molar-refractivity contribution in [3.8, 4) is 0 Å². The van der Waals surface area contributed by atoms with Gasteiger partial charge in [-0.2, -0.15) is 13.2 Å². The molecule has 3 rings (SSSR count). The number of alkyl halides is 3. The fraction of sp³-hybridized carbons (Fsp3) is 0.235. The second-order valence-electron chi connectivity index (χ2n) is 5.50. The first-order valence-electron chi connectivity index (χ1n) is 7.09. The van der Waals surface area contributed by atoms with Crippen LogP contribution < -0.4 is 5.32 Å². The number of carbonyl (C=O) groups excluding carboxylic acids is 1. The van der Waals surface area contributed by atoms with Gasteiger partial charge in [-0.3, -0.25) is 4.79 Å². The molecule has 0 heterocycles. The molecule has 120 valence electrons. The number of anilines is 1. The van der Waals surface area contributed by atoms with Gasteiger partial charge in [-0.15, -0.1) is 0 Å². The molecule has 1 saturated carbocycles. The van der Waals surface area contributed by atoms with Crippen molar-refractivity contribution in [3.63, 3.8) is 0 Å². The third-order valence-corrected chi connectivity index (χ3v) is 4.25. The number of amides is 1. The molecule has 2 nitrogen and oxygen atoms in total. The highest BCUT2D eigenvalue weighted by atomic mass is 35.5. The summed E-state index contributed by atoms with van der Waals surface area (Å²) in [6, 6.07) is 12.2. The Hall–Kier alpha value is -2.01. The van der Waals surface area contributed by atoms with Crippen LogP contribution in [0.15, 0.2) is 48.5 Å². The van der Waals surface area contributed by atoms with Gasteiger partial charge in [0, 0.05) is 5.92 Å². The van der Waals surface area contributed by atoms with Crippen LogP contribution in [-0.2, 0) is 11.0 Å². The van der Waals surface area contributed by atoms with E-state index in [1.54, 1.807) is 30.3 Å². The van der Waals surface area contributed by atoms with Crippen LogP contribution in [0.4, 0.5) is 18.9 Å². The normalized spacial score (nSPS) is 20.2. The number of rotatable bonds is 3. The highest BCUT2D eigenvalue weighted by Gasteiger charge is 2.47. The van der Waals surface area contributed by atoms with Crippen LogP contribution in [-0.4, -0.2) is 5.91 Å². The zero-order valence-electron chi connectivity index (χ0n) is 11.9. The molecule has 0 aromatic heterocycles. The molecule has 1 N–H and O–H groups in total. The highest BCUT2D eigenvalue weighted by Crippen LogP contribution is 2.51. The molecule has 2 aromatic rings. The van der Waals surface area contributed by atoms with E-state index in [0.29, 0.717) is 17.1 Å². The van der Waals surface area contributed by atoms with Crippen LogP contribution in [0, 0.1) is 5.92 Å². The summed E-state index contributed by atoms with van der Waals surface area (Å²) in [5.74, 6) is -1.18.